The number of aromatic carboxylic acids is 1. The van der Waals surface area contributed by atoms with Gasteiger partial charge in [0.2, 0.25) is 0 Å². The first-order valence-electron chi connectivity index (χ1n) is 5.36. The molecule has 1 aromatic rings. The van der Waals surface area contributed by atoms with E-state index in [1.807, 2.05) is 6.07 Å². The fourth-order valence-corrected chi connectivity index (χ4v) is 1.92. The van der Waals surface area contributed by atoms with Crippen LogP contribution in [0.5, 0.6) is 0 Å². The number of carboxylic acids is 1. The molecule has 1 fully saturated rings. The zero-order valence-electron chi connectivity index (χ0n) is 9.35. The average Bonchev–Trinajstić information content (AvgIpc) is 2.62. The Labute approximate surface area is 94.2 Å². The molecule has 0 atom stereocenters. The molecule has 16 heavy (non-hydrogen) atoms. The van der Waals surface area contributed by atoms with Gasteiger partial charge in [-0.25, -0.2) is 4.79 Å². The van der Waals surface area contributed by atoms with E-state index >= 15 is 0 Å². The molecular weight excluding hydrogens is 208 g/mol. The summed E-state index contributed by atoms with van der Waals surface area (Å²) in [4.78, 5) is 13.1. The average molecular weight is 224 g/mol. The Morgan fingerprint density at radius 3 is 2.69 bits per heavy atom. The Balaban J connectivity index is 2.06. The van der Waals surface area contributed by atoms with Crippen molar-refractivity contribution in [1.29, 1.82) is 0 Å². The van der Waals surface area contributed by atoms with E-state index in [1.165, 1.54) is 0 Å². The summed E-state index contributed by atoms with van der Waals surface area (Å²) in [5, 5.41) is 8.93. The van der Waals surface area contributed by atoms with Crippen molar-refractivity contribution in [3.63, 3.8) is 0 Å². The number of hydrogen-bond acceptors (Lipinski definition) is 3. The molecule has 5 nitrogen and oxygen atoms in total. The number of carboxylic acid groups (broad SMARTS) is 1. The number of hydrogen-bond donors (Lipinski definition) is 1. The zero-order chi connectivity index (χ0) is 11.5. The monoisotopic (exact) mass is 224 g/mol. The zero-order valence-corrected chi connectivity index (χ0v) is 9.35. The van der Waals surface area contributed by atoms with Crippen LogP contribution in [0, 0.1) is 0 Å². The lowest BCUT2D eigenvalue weighted by Crippen LogP contribution is -2.36. The lowest BCUT2D eigenvalue weighted by Gasteiger charge is -2.26. The largest absolute Gasteiger partial charge is 0.477 e. The Hall–Kier alpha value is -1.33. The minimum Gasteiger partial charge on any atom is -0.477 e. The maximum absolute atomic E-state index is 10.9. The van der Waals surface area contributed by atoms with Gasteiger partial charge in [-0.1, -0.05) is 0 Å². The predicted octanol–water partition coefficient (Wildman–Crippen LogP) is 0.556. The highest BCUT2D eigenvalue weighted by Gasteiger charge is 2.15. The van der Waals surface area contributed by atoms with E-state index in [2.05, 4.69) is 4.90 Å². The Kier molecular flexibility index (Phi) is 3.26. The summed E-state index contributed by atoms with van der Waals surface area (Å²) in [6, 6.07) is 3.52. The van der Waals surface area contributed by atoms with Crippen LogP contribution in [0.1, 0.15) is 16.2 Å². The van der Waals surface area contributed by atoms with E-state index in [0.29, 0.717) is 5.69 Å². The summed E-state index contributed by atoms with van der Waals surface area (Å²) in [6.45, 7) is 4.13. The predicted molar refractivity (Wildman–Crippen MR) is 58.5 cm³/mol. The van der Waals surface area contributed by atoms with Gasteiger partial charge in [0, 0.05) is 32.4 Å². The molecule has 0 unspecified atom stereocenters. The van der Waals surface area contributed by atoms with E-state index in [4.69, 9.17) is 9.84 Å². The highest BCUT2D eigenvalue weighted by atomic mass is 16.5. The van der Waals surface area contributed by atoms with Crippen LogP contribution >= 0.6 is 0 Å². The third-order valence-electron chi connectivity index (χ3n) is 2.93. The van der Waals surface area contributed by atoms with Crippen LogP contribution in [-0.2, 0) is 18.3 Å². The minimum atomic E-state index is -0.879. The number of carbonyl (C=O) groups is 1. The van der Waals surface area contributed by atoms with Crippen molar-refractivity contribution in [2.24, 2.45) is 7.05 Å². The molecule has 0 amide bonds. The van der Waals surface area contributed by atoms with Gasteiger partial charge in [0.25, 0.3) is 0 Å². The first kappa shape index (κ1) is 11.2. The smallest absolute Gasteiger partial charge is 0.352 e. The van der Waals surface area contributed by atoms with Gasteiger partial charge in [0.05, 0.1) is 13.2 Å². The van der Waals surface area contributed by atoms with Crippen molar-refractivity contribution in [2.75, 3.05) is 26.3 Å². The van der Waals surface area contributed by atoms with Crippen LogP contribution in [0.2, 0.25) is 0 Å². The SMILES string of the molecule is Cn1c(CN2CCOCC2)ccc1C(=O)O. The van der Waals surface area contributed by atoms with Crippen molar-refractivity contribution < 1.29 is 14.6 Å². The van der Waals surface area contributed by atoms with Crippen molar-refractivity contribution in [3.05, 3.63) is 23.5 Å². The molecule has 0 aromatic carbocycles. The Morgan fingerprint density at radius 1 is 1.44 bits per heavy atom. The fourth-order valence-electron chi connectivity index (χ4n) is 1.92. The van der Waals surface area contributed by atoms with Gasteiger partial charge in [-0.05, 0) is 12.1 Å². The normalized spacial score (nSPS) is 17.6. The second-order valence-electron chi connectivity index (χ2n) is 3.96. The van der Waals surface area contributed by atoms with Gasteiger partial charge >= 0.3 is 5.97 Å². The number of aromatic nitrogens is 1. The second-order valence-corrected chi connectivity index (χ2v) is 3.96. The van der Waals surface area contributed by atoms with Gasteiger partial charge in [0.1, 0.15) is 5.69 Å². The molecule has 88 valence electrons. The van der Waals surface area contributed by atoms with Gasteiger partial charge < -0.3 is 14.4 Å². The summed E-state index contributed by atoms with van der Waals surface area (Å²) in [5.41, 5.74) is 1.36. The topological polar surface area (TPSA) is 54.7 Å². The Bertz CT molecular complexity index is 381. The lowest BCUT2D eigenvalue weighted by atomic mass is 10.3. The summed E-state index contributed by atoms with van der Waals surface area (Å²) >= 11 is 0. The summed E-state index contributed by atoms with van der Waals surface area (Å²) < 4.78 is 7.00. The molecule has 2 rings (SSSR count). The van der Waals surface area contributed by atoms with Crippen LogP contribution in [0.3, 0.4) is 0 Å². The third-order valence-corrected chi connectivity index (χ3v) is 2.93. The van der Waals surface area contributed by atoms with Gasteiger partial charge in [0.15, 0.2) is 0 Å². The summed E-state index contributed by atoms with van der Waals surface area (Å²) in [5.74, 6) is -0.879. The van der Waals surface area contributed by atoms with Crippen LogP contribution in [0.4, 0.5) is 0 Å². The lowest BCUT2D eigenvalue weighted by molar-refractivity contribution is 0.0332. The highest BCUT2D eigenvalue weighted by molar-refractivity contribution is 5.86. The quantitative estimate of drug-likeness (QED) is 0.815. The molecule has 1 aliphatic heterocycles. The van der Waals surface area contributed by atoms with Gasteiger partial charge in [-0.2, -0.15) is 0 Å². The minimum absolute atomic E-state index is 0.336. The van der Waals surface area contributed by atoms with E-state index in [1.54, 1.807) is 17.7 Å². The van der Waals surface area contributed by atoms with Crippen molar-refractivity contribution in [3.8, 4) is 0 Å². The maximum Gasteiger partial charge on any atom is 0.352 e. The number of ether oxygens (including phenoxy) is 1. The van der Waals surface area contributed by atoms with Crippen molar-refractivity contribution in [2.45, 2.75) is 6.54 Å². The molecule has 1 saturated heterocycles. The summed E-state index contributed by atoms with van der Waals surface area (Å²) in [7, 11) is 1.79. The number of morpholine rings is 1. The van der Waals surface area contributed by atoms with E-state index in [9.17, 15) is 4.79 Å². The van der Waals surface area contributed by atoms with Crippen molar-refractivity contribution in [1.82, 2.24) is 9.47 Å². The highest BCUT2D eigenvalue weighted by Crippen LogP contribution is 2.11. The van der Waals surface area contributed by atoms with Crippen LogP contribution in [-0.4, -0.2) is 46.8 Å². The van der Waals surface area contributed by atoms with E-state index in [0.717, 1.165) is 38.5 Å². The van der Waals surface area contributed by atoms with Gasteiger partial charge in [-0.15, -0.1) is 0 Å². The van der Waals surface area contributed by atoms with E-state index < -0.39 is 5.97 Å². The van der Waals surface area contributed by atoms with Crippen molar-refractivity contribution >= 4 is 5.97 Å². The first-order valence-corrected chi connectivity index (χ1v) is 5.36. The molecule has 1 aliphatic rings. The summed E-state index contributed by atoms with van der Waals surface area (Å²) in [6.07, 6.45) is 0. The molecule has 0 saturated carbocycles. The molecule has 0 spiro atoms. The standard InChI is InChI=1S/C11H16N2O3/c1-12-9(2-3-10(12)11(14)15)8-13-4-6-16-7-5-13/h2-3H,4-8H2,1H3,(H,14,15). The van der Waals surface area contributed by atoms with Crippen LogP contribution in [0.25, 0.3) is 0 Å². The molecule has 0 aliphatic carbocycles. The molecular formula is C11H16N2O3. The molecule has 2 heterocycles. The Morgan fingerprint density at radius 2 is 2.12 bits per heavy atom. The van der Waals surface area contributed by atoms with Crippen LogP contribution < -0.4 is 0 Å². The van der Waals surface area contributed by atoms with E-state index in [-0.39, 0.29) is 0 Å². The maximum atomic E-state index is 10.9. The molecule has 0 bridgehead atoms. The molecule has 5 heteroatoms. The second kappa shape index (κ2) is 4.67. The van der Waals surface area contributed by atoms with Crippen LogP contribution in [0.15, 0.2) is 12.1 Å². The fraction of sp³-hybridized carbons (Fsp3) is 0.545. The molecule has 1 aromatic heterocycles. The number of rotatable bonds is 3. The first-order chi connectivity index (χ1) is 7.68. The molecule has 1 N–H and O–H groups in total. The third kappa shape index (κ3) is 2.25. The number of nitrogens with zero attached hydrogens (tertiary/aromatic N) is 2. The van der Waals surface area contributed by atoms with Gasteiger partial charge in [-0.3, -0.25) is 4.90 Å². The molecule has 0 radical (unpaired) electrons.